The van der Waals surface area contributed by atoms with Crippen molar-refractivity contribution >= 4 is 54.9 Å². The van der Waals surface area contributed by atoms with Crippen molar-refractivity contribution in [1.29, 1.82) is 0 Å². The van der Waals surface area contributed by atoms with Crippen molar-refractivity contribution in [2.45, 2.75) is 0 Å². The van der Waals surface area contributed by atoms with Crippen molar-refractivity contribution in [2.75, 3.05) is 0 Å². The summed E-state index contributed by atoms with van der Waals surface area (Å²) in [7, 11) is 0. The van der Waals surface area contributed by atoms with E-state index >= 15 is 0 Å². The molecular formula is C18H11I. The lowest BCUT2D eigenvalue weighted by Gasteiger charge is -2.09. The van der Waals surface area contributed by atoms with Crippen LogP contribution in [0.4, 0.5) is 0 Å². The molecule has 19 heavy (non-hydrogen) atoms. The molecule has 1 heteroatoms. The molecule has 0 heterocycles. The molecule has 0 N–H and O–H groups in total. The van der Waals surface area contributed by atoms with Gasteiger partial charge in [-0.1, -0.05) is 60.7 Å². The number of rotatable bonds is 0. The van der Waals surface area contributed by atoms with Gasteiger partial charge < -0.3 is 0 Å². The SMILES string of the molecule is Ic1cc2ccccc2c2c1ccc1ccccc12. The molecule has 0 spiro atoms. The van der Waals surface area contributed by atoms with Gasteiger partial charge in [-0.3, -0.25) is 0 Å². The van der Waals surface area contributed by atoms with Crippen LogP contribution in [-0.4, -0.2) is 0 Å². The van der Waals surface area contributed by atoms with E-state index in [4.69, 9.17) is 0 Å². The summed E-state index contributed by atoms with van der Waals surface area (Å²) in [4.78, 5) is 0. The van der Waals surface area contributed by atoms with E-state index in [1.54, 1.807) is 0 Å². The molecule has 0 radical (unpaired) electrons. The first kappa shape index (κ1) is 11.2. The minimum Gasteiger partial charge on any atom is -0.0616 e. The average molecular weight is 354 g/mol. The standard InChI is InChI=1S/C18H11I/c19-17-11-13-6-2-4-8-15(13)18-14-7-3-1-5-12(14)9-10-16(17)18/h1-11H. The molecule has 0 bridgehead atoms. The highest BCUT2D eigenvalue weighted by Crippen LogP contribution is 2.34. The van der Waals surface area contributed by atoms with Crippen molar-refractivity contribution < 1.29 is 0 Å². The van der Waals surface area contributed by atoms with E-state index in [2.05, 4.69) is 89.3 Å². The van der Waals surface area contributed by atoms with Gasteiger partial charge in [0, 0.05) is 3.57 Å². The second kappa shape index (κ2) is 4.20. The van der Waals surface area contributed by atoms with Gasteiger partial charge in [0.05, 0.1) is 0 Å². The van der Waals surface area contributed by atoms with Crippen molar-refractivity contribution in [1.82, 2.24) is 0 Å². The third kappa shape index (κ3) is 1.65. The van der Waals surface area contributed by atoms with E-state index in [0.29, 0.717) is 0 Å². The van der Waals surface area contributed by atoms with Crippen LogP contribution >= 0.6 is 22.6 Å². The third-order valence-corrected chi connectivity index (χ3v) is 4.59. The van der Waals surface area contributed by atoms with Crippen LogP contribution in [0.2, 0.25) is 0 Å². The second-order valence-corrected chi connectivity index (χ2v) is 5.95. The average Bonchev–Trinajstić information content (AvgIpc) is 2.47. The Hall–Kier alpha value is -1.61. The lowest BCUT2D eigenvalue weighted by molar-refractivity contribution is 1.75. The normalized spacial score (nSPS) is 11.4. The first-order valence-electron chi connectivity index (χ1n) is 6.33. The smallest absolute Gasteiger partial charge is 0.0215 e. The van der Waals surface area contributed by atoms with Crippen LogP contribution in [-0.2, 0) is 0 Å². The Morgan fingerprint density at radius 2 is 1.21 bits per heavy atom. The zero-order chi connectivity index (χ0) is 12.8. The molecule has 0 aliphatic heterocycles. The quantitative estimate of drug-likeness (QED) is 0.279. The summed E-state index contributed by atoms with van der Waals surface area (Å²) in [6.45, 7) is 0. The fourth-order valence-corrected chi connectivity index (χ4v) is 3.61. The summed E-state index contributed by atoms with van der Waals surface area (Å²) in [6, 6.07) is 24.0. The van der Waals surface area contributed by atoms with Gasteiger partial charge in [-0.25, -0.2) is 0 Å². The van der Waals surface area contributed by atoms with Crippen molar-refractivity contribution in [2.24, 2.45) is 0 Å². The van der Waals surface area contributed by atoms with Gasteiger partial charge in [-0.15, -0.1) is 0 Å². The number of hydrogen-bond donors (Lipinski definition) is 0. The maximum absolute atomic E-state index is 2.44. The van der Waals surface area contributed by atoms with Gasteiger partial charge >= 0.3 is 0 Å². The summed E-state index contributed by atoms with van der Waals surface area (Å²) in [5.41, 5.74) is 0. The topological polar surface area (TPSA) is 0 Å². The Morgan fingerprint density at radius 1 is 0.579 bits per heavy atom. The molecule has 0 aliphatic carbocycles. The van der Waals surface area contributed by atoms with Crippen LogP contribution in [0.15, 0.2) is 66.7 Å². The first-order valence-corrected chi connectivity index (χ1v) is 7.41. The van der Waals surface area contributed by atoms with Gasteiger partial charge in [0.1, 0.15) is 0 Å². The Bertz CT molecular complexity index is 907. The third-order valence-electron chi connectivity index (χ3n) is 3.70. The molecule has 0 saturated carbocycles. The molecule has 4 aromatic rings. The molecule has 0 aliphatic rings. The van der Waals surface area contributed by atoms with Gasteiger partial charge in [0.2, 0.25) is 0 Å². The second-order valence-electron chi connectivity index (χ2n) is 4.79. The van der Waals surface area contributed by atoms with Crippen LogP contribution in [0.25, 0.3) is 32.3 Å². The van der Waals surface area contributed by atoms with Crippen molar-refractivity contribution in [3.05, 3.63) is 70.3 Å². The van der Waals surface area contributed by atoms with Gasteiger partial charge in [0.15, 0.2) is 0 Å². The van der Waals surface area contributed by atoms with Gasteiger partial charge in [-0.05, 0) is 61.0 Å². The van der Waals surface area contributed by atoms with Crippen LogP contribution in [0.5, 0.6) is 0 Å². The lowest BCUT2D eigenvalue weighted by atomic mass is 9.97. The molecule has 0 aromatic heterocycles. The molecule has 0 nitrogen and oxygen atoms in total. The Kier molecular flexibility index (Phi) is 2.49. The van der Waals surface area contributed by atoms with Crippen LogP contribution in [0.1, 0.15) is 0 Å². The molecule has 4 aromatic carbocycles. The summed E-state index contributed by atoms with van der Waals surface area (Å²) in [5.74, 6) is 0. The first-order chi connectivity index (χ1) is 9.34. The molecule has 90 valence electrons. The maximum Gasteiger partial charge on any atom is 0.0215 e. The lowest BCUT2D eigenvalue weighted by Crippen LogP contribution is -1.84. The highest BCUT2D eigenvalue weighted by Gasteiger charge is 2.07. The van der Waals surface area contributed by atoms with E-state index in [1.807, 2.05) is 0 Å². The molecular weight excluding hydrogens is 343 g/mol. The predicted molar refractivity (Wildman–Crippen MR) is 91.7 cm³/mol. The van der Waals surface area contributed by atoms with E-state index in [9.17, 15) is 0 Å². The monoisotopic (exact) mass is 354 g/mol. The van der Waals surface area contributed by atoms with Crippen LogP contribution in [0.3, 0.4) is 0 Å². The molecule has 0 fully saturated rings. The number of fused-ring (bicyclic) bond motifs is 5. The van der Waals surface area contributed by atoms with Gasteiger partial charge in [-0.2, -0.15) is 0 Å². The minimum absolute atomic E-state index is 1.31. The van der Waals surface area contributed by atoms with E-state index in [0.717, 1.165) is 0 Å². The van der Waals surface area contributed by atoms with Crippen molar-refractivity contribution in [3.8, 4) is 0 Å². The minimum atomic E-state index is 1.31. The van der Waals surface area contributed by atoms with Crippen LogP contribution < -0.4 is 0 Å². The summed E-state index contributed by atoms with van der Waals surface area (Å²) >= 11 is 2.44. The fourth-order valence-electron chi connectivity index (χ4n) is 2.83. The number of halogens is 1. The van der Waals surface area contributed by atoms with E-state index in [1.165, 1.54) is 35.9 Å². The fraction of sp³-hybridized carbons (Fsp3) is 0. The zero-order valence-corrected chi connectivity index (χ0v) is 12.4. The Morgan fingerprint density at radius 3 is 2.00 bits per heavy atom. The van der Waals surface area contributed by atoms with Gasteiger partial charge in [0.25, 0.3) is 0 Å². The summed E-state index contributed by atoms with van der Waals surface area (Å²) in [5, 5.41) is 8.03. The predicted octanol–water partition coefficient (Wildman–Crippen LogP) is 5.75. The zero-order valence-electron chi connectivity index (χ0n) is 10.2. The van der Waals surface area contributed by atoms with E-state index < -0.39 is 0 Å². The largest absolute Gasteiger partial charge is 0.0616 e. The van der Waals surface area contributed by atoms with Crippen molar-refractivity contribution in [3.63, 3.8) is 0 Å². The molecule has 0 saturated heterocycles. The molecule has 0 atom stereocenters. The molecule has 0 amide bonds. The highest BCUT2D eigenvalue weighted by atomic mass is 127. The Labute approximate surface area is 125 Å². The molecule has 4 rings (SSSR count). The van der Waals surface area contributed by atoms with E-state index in [-0.39, 0.29) is 0 Å². The number of benzene rings is 4. The number of hydrogen-bond acceptors (Lipinski definition) is 0. The highest BCUT2D eigenvalue weighted by molar-refractivity contribution is 14.1. The Balaban J connectivity index is 2.40. The summed E-state index contributed by atoms with van der Waals surface area (Å²) in [6.07, 6.45) is 0. The molecule has 0 unspecified atom stereocenters. The van der Waals surface area contributed by atoms with Crippen LogP contribution in [0, 0.1) is 3.57 Å². The maximum atomic E-state index is 2.44. The summed E-state index contributed by atoms with van der Waals surface area (Å²) < 4.78 is 1.32.